The first-order valence-electron chi connectivity index (χ1n) is 9.50. The highest BCUT2D eigenvalue weighted by atomic mass is 16.1. The van der Waals surface area contributed by atoms with Crippen LogP contribution < -0.4 is 11.1 Å². The third-order valence-electron chi connectivity index (χ3n) is 5.52. The molecule has 0 aliphatic heterocycles. The summed E-state index contributed by atoms with van der Waals surface area (Å²) in [6.07, 6.45) is 9.53. The van der Waals surface area contributed by atoms with E-state index in [1.54, 1.807) is 37.4 Å². The van der Waals surface area contributed by atoms with Crippen LogP contribution in [0.2, 0.25) is 0 Å². The highest BCUT2D eigenvalue weighted by Gasteiger charge is 2.42. The van der Waals surface area contributed by atoms with Crippen LogP contribution in [-0.4, -0.2) is 38.5 Å². The Morgan fingerprint density at radius 3 is 2.38 bits per heavy atom. The number of aliphatic imine (C=N–C) groups is 1. The van der Waals surface area contributed by atoms with Crippen molar-refractivity contribution < 1.29 is 6.22 Å². The van der Waals surface area contributed by atoms with Gasteiger partial charge in [-0.05, 0) is 24.0 Å². The summed E-state index contributed by atoms with van der Waals surface area (Å²) in [7, 11) is 3.54. The molecule has 1 saturated carbocycles. The van der Waals surface area contributed by atoms with Crippen LogP contribution in [0.5, 0.6) is 0 Å². The first kappa shape index (κ1) is 18.8. The predicted octanol–water partition coefficient (Wildman–Crippen LogP) is 2.78. The maximum Gasteiger partial charge on any atom is 0.281 e. The zero-order chi connectivity index (χ0) is 20.4. The minimum atomic E-state index is -0.386. The lowest BCUT2D eigenvalue weighted by molar-refractivity contribution is 0.100. The number of amides is 1. The first-order valence-corrected chi connectivity index (χ1v) is 9.50. The van der Waals surface area contributed by atoms with E-state index < -0.39 is 0 Å². The Morgan fingerprint density at radius 2 is 1.86 bits per heavy atom. The van der Waals surface area contributed by atoms with Crippen LogP contribution in [0.4, 0.5) is 5.95 Å². The molecule has 1 amide bonds. The second-order valence-electron chi connectivity index (χ2n) is 7.26. The Labute approximate surface area is 170 Å². The number of rotatable bonds is 5. The van der Waals surface area contributed by atoms with Gasteiger partial charge in [-0.15, -0.1) is 0 Å². The van der Waals surface area contributed by atoms with Crippen molar-refractivity contribution in [2.75, 3.05) is 12.4 Å². The van der Waals surface area contributed by atoms with Crippen LogP contribution in [0, 0.1) is 0 Å². The van der Waals surface area contributed by atoms with Crippen molar-refractivity contribution in [2.24, 2.45) is 17.8 Å². The summed E-state index contributed by atoms with van der Waals surface area (Å²) >= 11 is 0. The van der Waals surface area contributed by atoms with Crippen molar-refractivity contribution in [2.45, 2.75) is 24.7 Å². The number of nitrogens with zero attached hydrogens (tertiary/aromatic N) is 5. The van der Waals surface area contributed by atoms with E-state index in [1.807, 2.05) is 12.1 Å². The predicted molar refractivity (Wildman–Crippen MR) is 114 cm³/mol. The van der Waals surface area contributed by atoms with Gasteiger partial charge in [-0.3, -0.25) is 9.48 Å². The van der Waals surface area contributed by atoms with Crippen LogP contribution in [0.1, 0.15) is 36.6 Å². The molecule has 1 aromatic carbocycles. The summed E-state index contributed by atoms with van der Waals surface area (Å²) in [6.45, 7) is 0. The van der Waals surface area contributed by atoms with Gasteiger partial charge < -0.3 is 11.1 Å². The number of aromatic nitrogens is 4. The van der Waals surface area contributed by atoms with Crippen molar-refractivity contribution in [1.29, 1.82) is 0 Å². The summed E-state index contributed by atoms with van der Waals surface area (Å²) in [4.78, 5) is 25.2. The molecular formula is C21H25N7O. The Bertz CT molecular complexity index is 1050. The van der Waals surface area contributed by atoms with Gasteiger partial charge in [0.25, 0.3) is 5.91 Å². The SMILES string of the molecule is CNc1ncc(-c2ccc(C3(C(N)=NC(=O)c4cnn(C)c4)CCC3)cc2)cn1.[HH]. The van der Waals surface area contributed by atoms with Gasteiger partial charge >= 0.3 is 0 Å². The number of nitrogens with one attached hydrogen (secondary N) is 1. The summed E-state index contributed by atoms with van der Waals surface area (Å²) in [6, 6.07) is 8.17. The van der Waals surface area contributed by atoms with Gasteiger partial charge in [0, 0.05) is 39.7 Å². The zero-order valence-corrected chi connectivity index (χ0v) is 16.5. The number of aryl methyl sites for hydroxylation is 1. The molecule has 0 saturated heterocycles. The highest BCUT2D eigenvalue weighted by Crippen LogP contribution is 2.44. The molecule has 0 spiro atoms. The standard InChI is InChI=1S/C21H23N7O.H2/c1-23-20-24-10-15(11-25-20)14-4-6-17(7-5-14)21(8-3-9-21)19(22)27-18(29)16-12-26-28(2)13-16;/h4-7,10-13H,3,8-9H2,1-2H3,(H2,22,27,29)(H,23,24,25);1H. The summed E-state index contributed by atoms with van der Waals surface area (Å²) in [5, 5.41) is 6.93. The minimum Gasteiger partial charge on any atom is -0.386 e. The van der Waals surface area contributed by atoms with Crippen molar-refractivity contribution in [3.63, 3.8) is 0 Å². The van der Waals surface area contributed by atoms with Gasteiger partial charge in [0.2, 0.25) is 5.95 Å². The van der Waals surface area contributed by atoms with Crippen LogP contribution in [0.15, 0.2) is 54.0 Å². The Balaban J connectivity index is 0.00000256. The highest BCUT2D eigenvalue weighted by molar-refractivity contribution is 6.06. The van der Waals surface area contributed by atoms with Crippen LogP contribution in [0.25, 0.3) is 11.1 Å². The van der Waals surface area contributed by atoms with E-state index in [0.29, 0.717) is 17.3 Å². The van der Waals surface area contributed by atoms with E-state index in [2.05, 4.69) is 37.5 Å². The lowest BCUT2D eigenvalue weighted by Gasteiger charge is -2.41. The van der Waals surface area contributed by atoms with Gasteiger partial charge in [-0.25, -0.2) is 9.97 Å². The first-order chi connectivity index (χ1) is 14.0. The second kappa shape index (κ2) is 7.46. The molecule has 29 heavy (non-hydrogen) atoms. The number of anilines is 1. The Hall–Kier alpha value is -3.55. The molecule has 1 aliphatic rings. The van der Waals surface area contributed by atoms with Crippen LogP contribution in [-0.2, 0) is 12.5 Å². The summed E-state index contributed by atoms with van der Waals surface area (Å²) in [5.41, 5.74) is 9.42. The smallest absolute Gasteiger partial charge is 0.281 e. The fraction of sp³-hybridized carbons (Fsp3) is 0.286. The number of hydrogen-bond donors (Lipinski definition) is 2. The van der Waals surface area contributed by atoms with Gasteiger partial charge in [0.1, 0.15) is 5.84 Å². The molecule has 0 atom stereocenters. The Kier molecular flexibility index (Phi) is 4.84. The molecule has 1 fully saturated rings. The molecule has 4 rings (SSSR count). The lowest BCUT2D eigenvalue weighted by Crippen LogP contribution is -2.47. The van der Waals surface area contributed by atoms with Crippen molar-refractivity contribution in [3.05, 3.63) is 60.2 Å². The zero-order valence-electron chi connectivity index (χ0n) is 16.5. The van der Waals surface area contributed by atoms with E-state index in [0.717, 1.165) is 36.0 Å². The molecule has 8 nitrogen and oxygen atoms in total. The molecule has 0 bridgehead atoms. The molecule has 8 heteroatoms. The number of carbonyl (C=O) groups excluding carboxylic acids is 1. The van der Waals surface area contributed by atoms with Gasteiger partial charge in [0.05, 0.1) is 17.2 Å². The van der Waals surface area contributed by atoms with E-state index in [9.17, 15) is 4.79 Å². The molecule has 3 aromatic rings. The fourth-order valence-corrected chi connectivity index (χ4v) is 3.62. The third kappa shape index (κ3) is 3.49. The van der Waals surface area contributed by atoms with Gasteiger partial charge in [-0.1, -0.05) is 30.7 Å². The second-order valence-corrected chi connectivity index (χ2v) is 7.26. The summed E-state index contributed by atoms with van der Waals surface area (Å²) in [5.74, 6) is 0.591. The fourth-order valence-electron chi connectivity index (χ4n) is 3.62. The number of benzene rings is 1. The summed E-state index contributed by atoms with van der Waals surface area (Å²) < 4.78 is 1.57. The third-order valence-corrected chi connectivity index (χ3v) is 5.52. The van der Waals surface area contributed by atoms with E-state index in [1.165, 1.54) is 6.20 Å². The van der Waals surface area contributed by atoms with E-state index >= 15 is 0 Å². The average Bonchev–Trinajstić information content (AvgIpc) is 3.14. The lowest BCUT2D eigenvalue weighted by atomic mass is 9.63. The minimum absolute atomic E-state index is 0. The van der Waals surface area contributed by atoms with E-state index in [-0.39, 0.29) is 12.7 Å². The molecule has 2 heterocycles. The maximum atomic E-state index is 12.4. The normalized spacial score (nSPS) is 15.6. The molecule has 3 N–H and O–H groups in total. The quantitative estimate of drug-likeness (QED) is 0.511. The maximum absolute atomic E-state index is 12.4. The van der Waals surface area contributed by atoms with Gasteiger partial charge in [-0.2, -0.15) is 10.1 Å². The molecule has 0 unspecified atom stereocenters. The number of nitrogens with two attached hydrogens (primary N) is 1. The van der Waals surface area contributed by atoms with Gasteiger partial charge in [0.15, 0.2) is 0 Å². The molecule has 0 radical (unpaired) electrons. The van der Waals surface area contributed by atoms with E-state index in [4.69, 9.17) is 5.73 Å². The molecule has 150 valence electrons. The van der Waals surface area contributed by atoms with Crippen molar-refractivity contribution >= 4 is 17.7 Å². The molecule has 2 aromatic heterocycles. The monoisotopic (exact) mass is 391 g/mol. The van der Waals surface area contributed by atoms with Crippen molar-refractivity contribution in [1.82, 2.24) is 19.7 Å². The number of amidine groups is 1. The average molecular weight is 391 g/mol. The Morgan fingerprint density at radius 1 is 1.17 bits per heavy atom. The molecule has 1 aliphatic carbocycles. The number of hydrogen-bond acceptors (Lipinski definition) is 5. The van der Waals surface area contributed by atoms with Crippen molar-refractivity contribution in [3.8, 4) is 11.1 Å². The topological polar surface area (TPSA) is 111 Å². The largest absolute Gasteiger partial charge is 0.386 e. The number of carbonyl (C=O) groups is 1. The molecular weight excluding hydrogens is 366 g/mol. The van der Waals surface area contributed by atoms with Crippen LogP contribution >= 0.6 is 0 Å². The van der Waals surface area contributed by atoms with Crippen LogP contribution in [0.3, 0.4) is 0 Å².